The van der Waals surface area contributed by atoms with Crippen LogP contribution in [0, 0.1) is 12.8 Å². The molecular formula is C24H39NO3. The van der Waals surface area contributed by atoms with Crippen molar-refractivity contribution in [3.05, 3.63) is 29.3 Å². The molecule has 4 heteroatoms. The van der Waals surface area contributed by atoms with Crippen molar-refractivity contribution in [3.8, 4) is 5.75 Å². The number of rotatable bonds is 11. The highest BCUT2D eigenvalue weighted by Gasteiger charge is 2.16. The van der Waals surface area contributed by atoms with Gasteiger partial charge >= 0.3 is 0 Å². The summed E-state index contributed by atoms with van der Waals surface area (Å²) in [5.41, 5.74) is 2.50. The van der Waals surface area contributed by atoms with Gasteiger partial charge in [0.1, 0.15) is 18.5 Å². The first-order valence-corrected chi connectivity index (χ1v) is 11.4. The molecule has 0 spiro atoms. The van der Waals surface area contributed by atoms with Gasteiger partial charge in [-0.3, -0.25) is 0 Å². The molecule has 158 valence electrons. The van der Waals surface area contributed by atoms with E-state index in [1.54, 1.807) is 0 Å². The van der Waals surface area contributed by atoms with E-state index >= 15 is 0 Å². The minimum atomic E-state index is -0.411. The number of aliphatic hydroxyl groups is 1. The van der Waals surface area contributed by atoms with Crippen LogP contribution in [0.4, 0.5) is 0 Å². The predicted molar refractivity (Wildman–Crippen MR) is 114 cm³/mol. The standard InChI is InChI=1S/C24H39NO3/c1-20-9-10-22(8-4-2-3-7-21-11-15-27-16-12-21)17-24(20)28-19-23(26)18-25-13-5-6-14-25/h9-10,17,21,23,26H,2-8,11-16,18-19H2,1H3/t23-/m1/s1. The van der Waals surface area contributed by atoms with Crippen molar-refractivity contribution in [1.29, 1.82) is 0 Å². The first-order valence-electron chi connectivity index (χ1n) is 11.4. The zero-order valence-electron chi connectivity index (χ0n) is 17.7. The summed E-state index contributed by atoms with van der Waals surface area (Å²) in [6, 6.07) is 6.55. The molecule has 2 aliphatic heterocycles. The van der Waals surface area contributed by atoms with Crippen LogP contribution < -0.4 is 4.74 Å². The van der Waals surface area contributed by atoms with Crippen molar-refractivity contribution >= 4 is 0 Å². The first-order chi connectivity index (χ1) is 13.7. The highest BCUT2D eigenvalue weighted by molar-refractivity contribution is 5.36. The molecular weight excluding hydrogens is 350 g/mol. The predicted octanol–water partition coefficient (Wildman–Crippen LogP) is 4.36. The molecule has 1 atom stereocenters. The van der Waals surface area contributed by atoms with Crippen molar-refractivity contribution in [2.75, 3.05) is 39.5 Å². The maximum absolute atomic E-state index is 10.3. The molecule has 0 aliphatic carbocycles. The fourth-order valence-electron chi connectivity index (χ4n) is 4.43. The maximum Gasteiger partial charge on any atom is 0.122 e. The zero-order valence-corrected chi connectivity index (χ0v) is 17.7. The average Bonchev–Trinajstić information content (AvgIpc) is 3.21. The van der Waals surface area contributed by atoms with Gasteiger partial charge in [0, 0.05) is 19.8 Å². The molecule has 3 rings (SSSR count). The number of benzene rings is 1. The number of aryl methyl sites for hydroxylation is 2. The van der Waals surface area contributed by atoms with Crippen LogP contribution in [0.2, 0.25) is 0 Å². The molecule has 0 amide bonds. The molecule has 1 aromatic carbocycles. The fraction of sp³-hybridized carbons (Fsp3) is 0.750. The smallest absolute Gasteiger partial charge is 0.122 e. The minimum absolute atomic E-state index is 0.381. The Labute approximate surface area is 171 Å². The van der Waals surface area contributed by atoms with Crippen LogP contribution in [-0.4, -0.2) is 55.6 Å². The second-order valence-corrected chi connectivity index (χ2v) is 8.73. The highest BCUT2D eigenvalue weighted by atomic mass is 16.5. The van der Waals surface area contributed by atoms with Crippen molar-refractivity contribution < 1.29 is 14.6 Å². The number of likely N-dealkylation sites (tertiary alicyclic amines) is 1. The van der Waals surface area contributed by atoms with Gasteiger partial charge in [-0.1, -0.05) is 31.4 Å². The Morgan fingerprint density at radius 3 is 2.71 bits per heavy atom. The van der Waals surface area contributed by atoms with E-state index < -0.39 is 6.10 Å². The number of aliphatic hydroxyl groups excluding tert-OH is 1. The normalized spacial score (nSPS) is 19.8. The van der Waals surface area contributed by atoms with Gasteiger partial charge in [0.2, 0.25) is 0 Å². The summed E-state index contributed by atoms with van der Waals surface area (Å²) in [5.74, 6) is 1.82. The van der Waals surface area contributed by atoms with Gasteiger partial charge in [0.15, 0.2) is 0 Å². The summed E-state index contributed by atoms with van der Waals surface area (Å²) in [5, 5.41) is 10.3. The Bertz CT molecular complexity index is 565. The van der Waals surface area contributed by atoms with Gasteiger partial charge < -0.3 is 19.5 Å². The van der Waals surface area contributed by atoms with E-state index in [9.17, 15) is 5.11 Å². The van der Waals surface area contributed by atoms with Crippen molar-refractivity contribution in [1.82, 2.24) is 4.90 Å². The molecule has 0 aromatic heterocycles. The number of hydrogen-bond donors (Lipinski definition) is 1. The molecule has 2 aliphatic rings. The number of hydrogen-bond acceptors (Lipinski definition) is 4. The number of β-amino-alcohol motifs (C(OH)–C–C–N with tert-alkyl or cyclic N) is 1. The second-order valence-electron chi connectivity index (χ2n) is 8.73. The molecule has 0 bridgehead atoms. The summed E-state index contributed by atoms with van der Waals surface area (Å²) in [7, 11) is 0. The molecule has 1 aromatic rings. The van der Waals surface area contributed by atoms with Gasteiger partial charge in [-0.25, -0.2) is 0 Å². The second kappa shape index (κ2) is 11.8. The topological polar surface area (TPSA) is 41.9 Å². The molecule has 0 radical (unpaired) electrons. The van der Waals surface area contributed by atoms with E-state index in [0.29, 0.717) is 6.61 Å². The number of ether oxygens (including phenoxy) is 2. The van der Waals surface area contributed by atoms with Gasteiger partial charge in [0.05, 0.1) is 0 Å². The van der Waals surface area contributed by atoms with Gasteiger partial charge in [-0.05, 0) is 81.6 Å². The molecule has 4 nitrogen and oxygen atoms in total. The van der Waals surface area contributed by atoms with Gasteiger partial charge in [0.25, 0.3) is 0 Å². The lowest BCUT2D eigenvalue weighted by molar-refractivity contribution is 0.0631. The minimum Gasteiger partial charge on any atom is -0.491 e. The number of nitrogens with zero attached hydrogens (tertiary/aromatic N) is 1. The lowest BCUT2D eigenvalue weighted by atomic mass is 9.93. The van der Waals surface area contributed by atoms with Crippen LogP contribution in [-0.2, 0) is 11.2 Å². The van der Waals surface area contributed by atoms with Crippen molar-refractivity contribution in [2.45, 2.75) is 70.8 Å². The molecule has 28 heavy (non-hydrogen) atoms. The van der Waals surface area contributed by atoms with E-state index in [-0.39, 0.29) is 0 Å². The van der Waals surface area contributed by atoms with Crippen LogP contribution in [0.3, 0.4) is 0 Å². The molecule has 2 saturated heterocycles. The van der Waals surface area contributed by atoms with Crippen LogP contribution in [0.15, 0.2) is 18.2 Å². The van der Waals surface area contributed by atoms with Gasteiger partial charge in [-0.15, -0.1) is 0 Å². The Morgan fingerprint density at radius 1 is 1.14 bits per heavy atom. The SMILES string of the molecule is Cc1ccc(CCCCCC2CCOCC2)cc1OC[C@H](O)CN1CCCC1. The molecule has 0 unspecified atom stereocenters. The molecule has 0 saturated carbocycles. The van der Waals surface area contributed by atoms with Crippen LogP contribution in [0.5, 0.6) is 5.75 Å². The lowest BCUT2D eigenvalue weighted by Crippen LogP contribution is -2.33. The van der Waals surface area contributed by atoms with Crippen molar-refractivity contribution in [2.24, 2.45) is 5.92 Å². The van der Waals surface area contributed by atoms with Gasteiger partial charge in [-0.2, -0.15) is 0 Å². The quantitative estimate of drug-likeness (QED) is 0.571. The summed E-state index contributed by atoms with van der Waals surface area (Å²) < 4.78 is 11.4. The monoisotopic (exact) mass is 389 g/mol. The van der Waals surface area contributed by atoms with Crippen LogP contribution in [0.25, 0.3) is 0 Å². The van der Waals surface area contributed by atoms with Crippen molar-refractivity contribution in [3.63, 3.8) is 0 Å². The third-order valence-corrected chi connectivity index (χ3v) is 6.27. The van der Waals surface area contributed by atoms with E-state index in [2.05, 4.69) is 30.0 Å². The summed E-state index contributed by atoms with van der Waals surface area (Å²) in [6.07, 6.45) is 11.0. The Morgan fingerprint density at radius 2 is 1.93 bits per heavy atom. The Hall–Kier alpha value is -1.10. The number of unbranched alkanes of at least 4 members (excludes halogenated alkanes) is 2. The summed E-state index contributed by atoms with van der Waals surface area (Å²) in [4.78, 5) is 2.33. The third kappa shape index (κ3) is 7.38. The Balaban J connectivity index is 1.34. The van der Waals surface area contributed by atoms with E-state index in [1.165, 1.54) is 56.9 Å². The largest absolute Gasteiger partial charge is 0.491 e. The lowest BCUT2D eigenvalue weighted by Gasteiger charge is -2.21. The van der Waals surface area contributed by atoms with E-state index in [4.69, 9.17) is 9.47 Å². The molecule has 2 heterocycles. The molecule has 1 N–H and O–H groups in total. The van der Waals surface area contributed by atoms with E-state index in [0.717, 1.165) is 56.5 Å². The highest BCUT2D eigenvalue weighted by Crippen LogP contribution is 2.23. The zero-order chi connectivity index (χ0) is 19.6. The van der Waals surface area contributed by atoms with Crippen LogP contribution >= 0.6 is 0 Å². The maximum atomic E-state index is 10.3. The molecule has 2 fully saturated rings. The fourth-order valence-corrected chi connectivity index (χ4v) is 4.43. The first kappa shape index (κ1) is 21.6. The summed E-state index contributed by atoms with van der Waals surface area (Å²) >= 11 is 0. The average molecular weight is 390 g/mol. The summed E-state index contributed by atoms with van der Waals surface area (Å²) in [6.45, 7) is 7.34. The van der Waals surface area contributed by atoms with E-state index in [1.807, 2.05) is 0 Å². The Kier molecular flexibility index (Phi) is 9.10. The van der Waals surface area contributed by atoms with Crippen LogP contribution in [0.1, 0.15) is 62.5 Å². The third-order valence-electron chi connectivity index (χ3n) is 6.27.